The minimum atomic E-state index is -0.571. The van der Waals surface area contributed by atoms with Crippen LogP contribution in [0.25, 0.3) is 0 Å². The zero-order valence-corrected chi connectivity index (χ0v) is 11.3. The highest BCUT2D eigenvalue weighted by Crippen LogP contribution is 2.27. The van der Waals surface area contributed by atoms with Crippen LogP contribution in [0.5, 0.6) is 0 Å². The van der Waals surface area contributed by atoms with Crippen LogP contribution in [-0.2, 0) is 0 Å². The van der Waals surface area contributed by atoms with Gasteiger partial charge in [-0.15, -0.1) is 0 Å². The number of nitro groups is 1. The molecular weight excluding hydrogens is 278 g/mol. The standard InChI is InChI=1S/C14H10ClN3O2/c1-9-6-11(15)3-5-13(9)17-12-4-2-10(8-16)14(7-12)18(19)20/h2-7,17H,1H3. The predicted molar refractivity (Wildman–Crippen MR) is 77.3 cm³/mol. The molecule has 0 bridgehead atoms. The maximum atomic E-state index is 10.9. The van der Waals surface area contributed by atoms with Crippen LogP contribution in [0.15, 0.2) is 36.4 Å². The molecule has 2 aromatic rings. The van der Waals surface area contributed by atoms with Gasteiger partial charge in [-0.3, -0.25) is 10.1 Å². The van der Waals surface area contributed by atoms with E-state index in [9.17, 15) is 10.1 Å². The van der Waals surface area contributed by atoms with Crippen LogP contribution in [0.4, 0.5) is 17.1 Å². The van der Waals surface area contributed by atoms with Crippen molar-refractivity contribution in [1.29, 1.82) is 5.26 Å². The summed E-state index contributed by atoms with van der Waals surface area (Å²) in [5, 5.41) is 23.4. The lowest BCUT2D eigenvalue weighted by Crippen LogP contribution is -1.97. The van der Waals surface area contributed by atoms with Crippen LogP contribution in [0.1, 0.15) is 11.1 Å². The van der Waals surface area contributed by atoms with Gasteiger partial charge in [-0.1, -0.05) is 11.6 Å². The first kappa shape index (κ1) is 13.8. The molecule has 0 aromatic heterocycles. The average molecular weight is 288 g/mol. The highest BCUT2D eigenvalue weighted by molar-refractivity contribution is 6.30. The molecule has 0 aliphatic rings. The Hall–Kier alpha value is -2.58. The van der Waals surface area contributed by atoms with E-state index in [1.165, 1.54) is 12.1 Å². The summed E-state index contributed by atoms with van der Waals surface area (Å²) in [4.78, 5) is 10.3. The number of benzene rings is 2. The Kier molecular flexibility index (Phi) is 3.87. The van der Waals surface area contributed by atoms with Crippen LogP contribution in [0.3, 0.4) is 0 Å². The Morgan fingerprint density at radius 3 is 2.65 bits per heavy atom. The van der Waals surface area contributed by atoms with Crippen molar-refractivity contribution in [3.05, 3.63) is 62.7 Å². The molecule has 0 aliphatic carbocycles. The zero-order chi connectivity index (χ0) is 14.7. The minimum Gasteiger partial charge on any atom is -0.355 e. The maximum Gasteiger partial charge on any atom is 0.289 e. The van der Waals surface area contributed by atoms with Gasteiger partial charge >= 0.3 is 0 Å². The second-order valence-corrected chi connectivity index (χ2v) is 4.62. The van der Waals surface area contributed by atoms with Crippen molar-refractivity contribution in [3.63, 3.8) is 0 Å². The van der Waals surface area contributed by atoms with Crippen LogP contribution in [0.2, 0.25) is 5.02 Å². The quantitative estimate of drug-likeness (QED) is 0.678. The molecule has 6 heteroatoms. The summed E-state index contributed by atoms with van der Waals surface area (Å²) in [6, 6.07) is 11.5. The number of aryl methyl sites for hydroxylation is 1. The summed E-state index contributed by atoms with van der Waals surface area (Å²) >= 11 is 5.87. The van der Waals surface area contributed by atoms with Gasteiger partial charge in [-0.2, -0.15) is 5.26 Å². The first-order valence-corrected chi connectivity index (χ1v) is 6.11. The summed E-state index contributed by atoms with van der Waals surface area (Å²) in [5.41, 5.74) is 2.08. The van der Waals surface area contributed by atoms with Crippen molar-refractivity contribution in [2.24, 2.45) is 0 Å². The summed E-state index contributed by atoms with van der Waals surface area (Å²) in [6.45, 7) is 1.88. The fourth-order valence-electron chi connectivity index (χ4n) is 1.78. The van der Waals surface area contributed by atoms with E-state index in [0.29, 0.717) is 10.7 Å². The number of rotatable bonds is 3. The van der Waals surface area contributed by atoms with Crippen molar-refractivity contribution in [3.8, 4) is 6.07 Å². The molecule has 0 heterocycles. The van der Waals surface area contributed by atoms with Gasteiger partial charge < -0.3 is 5.32 Å². The third-order valence-electron chi connectivity index (χ3n) is 2.78. The van der Waals surface area contributed by atoms with Gasteiger partial charge in [0.05, 0.1) is 4.92 Å². The van der Waals surface area contributed by atoms with Gasteiger partial charge in [0.15, 0.2) is 0 Å². The van der Waals surface area contributed by atoms with E-state index in [4.69, 9.17) is 16.9 Å². The maximum absolute atomic E-state index is 10.9. The highest BCUT2D eigenvalue weighted by atomic mass is 35.5. The molecule has 2 rings (SSSR count). The molecule has 0 aliphatic heterocycles. The molecule has 0 spiro atoms. The third-order valence-corrected chi connectivity index (χ3v) is 3.02. The summed E-state index contributed by atoms with van der Waals surface area (Å²) in [6.07, 6.45) is 0. The molecule has 1 N–H and O–H groups in total. The van der Waals surface area contributed by atoms with Crippen molar-refractivity contribution < 1.29 is 4.92 Å². The van der Waals surface area contributed by atoms with Crippen molar-refractivity contribution >= 4 is 28.7 Å². The van der Waals surface area contributed by atoms with E-state index in [1.807, 2.05) is 6.92 Å². The number of nitriles is 1. The van der Waals surface area contributed by atoms with Crippen molar-refractivity contribution in [2.45, 2.75) is 6.92 Å². The van der Waals surface area contributed by atoms with E-state index >= 15 is 0 Å². The number of halogens is 1. The molecule has 2 aromatic carbocycles. The summed E-state index contributed by atoms with van der Waals surface area (Å²) < 4.78 is 0. The van der Waals surface area contributed by atoms with E-state index in [-0.39, 0.29) is 11.3 Å². The summed E-state index contributed by atoms with van der Waals surface area (Å²) in [7, 11) is 0. The van der Waals surface area contributed by atoms with Gasteiger partial charge in [0.25, 0.3) is 5.69 Å². The largest absolute Gasteiger partial charge is 0.355 e. The highest BCUT2D eigenvalue weighted by Gasteiger charge is 2.14. The van der Waals surface area contributed by atoms with Crippen LogP contribution < -0.4 is 5.32 Å². The molecule has 100 valence electrons. The number of anilines is 2. The number of nitrogens with zero attached hydrogens (tertiary/aromatic N) is 2. The number of hydrogen-bond acceptors (Lipinski definition) is 4. The second kappa shape index (κ2) is 5.59. The van der Waals surface area contributed by atoms with Crippen LogP contribution in [0, 0.1) is 28.4 Å². The number of nitrogens with one attached hydrogen (secondary N) is 1. The lowest BCUT2D eigenvalue weighted by molar-refractivity contribution is -0.385. The van der Waals surface area contributed by atoms with Gasteiger partial charge in [-0.25, -0.2) is 0 Å². The Bertz CT molecular complexity index is 723. The molecule has 0 amide bonds. The Morgan fingerprint density at radius 2 is 2.05 bits per heavy atom. The van der Waals surface area contributed by atoms with Gasteiger partial charge in [-0.05, 0) is 42.8 Å². The van der Waals surface area contributed by atoms with E-state index in [1.54, 1.807) is 30.3 Å². The van der Waals surface area contributed by atoms with Gasteiger partial charge in [0, 0.05) is 22.5 Å². The monoisotopic (exact) mass is 287 g/mol. The van der Waals surface area contributed by atoms with Crippen molar-refractivity contribution in [1.82, 2.24) is 0 Å². The fourth-order valence-corrected chi connectivity index (χ4v) is 2.00. The van der Waals surface area contributed by atoms with Gasteiger partial charge in [0.2, 0.25) is 0 Å². The van der Waals surface area contributed by atoms with Crippen molar-refractivity contribution in [2.75, 3.05) is 5.32 Å². The van der Waals surface area contributed by atoms with Crippen LogP contribution >= 0.6 is 11.6 Å². The van der Waals surface area contributed by atoms with Gasteiger partial charge in [0.1, 0.15) is 11.6 Å². The third kappa shape index (κ3) is 2.87. The lowest BCUT2D eigenvalue weighted by Gasteiger charge is -2.10. The molecule has 0 saturated carbocycles. The lowest BCUT2D eigenvalue weighted by atomic mass is 10.1. The predicted octanol–water partition coefficient (Wildman–Crippen LogP) is 4.17. The van der Waals surface area contributed by atoms with E-state index in [2.05, 4.69) is 5.32 Å². The molecule has 0 unspecified atom stereocenters. The van der Waals surface area contributed by atoms with Crippen LogP contribution in [-0.4, -0.2) is 4.92 Å². The zero-order valence-electron chi connectivity index (χ0n) is 10.6. The van der Waals surface area contributed by atoms with E-state index in [0.717, 1.165) is 11.3 Å². The smallest absolute Gasteiger partial charge is 0.289 e. The molecule has 0 fully saturated rings. The molecule has 0 radical (unpaired) electrons. The Labute approximate surface area is 120 Å². The minimum absolute atomic E-state index is 0.0355. The Morgan fingerprint density at radius 1 is 1.30 bits per heavy atom. The second-order valence-electron chi connectivity index (χ2n) is 4.19. The SMILES string of the molecule is Cc1cc(Cl)ccc1Nc1ccc(C#N)c([N+](=O)[O-])c1. The molecule has 5 nitrogen and oxygen atoms in total. The first-order chi connectivity index (χ1) is 9.51. The topological polar surface area (TPSA) is 79.0 Å². The average Bonchev–Trinajstić information content (AvgIpc) is 2.41. The fraction of sp³-hybridized carbons (Fsp3) is 0.0714. The Balaban J connectivity index is 2.37. The first-order valence-electron chi connectivity index (χ1n) is 5.73. The number of nitro benzene ring substituents is 1. The molecule has 0 saturated heterocycles. The number of hydrogen-bond donors (Lipinski definition) is 1. The molecule has 0 atom stereocenters. The molecular formula is C14H10ClN3O2. The van der Waals surface area contributed by atoms with E-state index < -0.39 is 4.92 Å². The molecule has 20 heavy (non-hydrogen) atoms. The normalized spacial score (nSPS) is 9.85. The summed E-state index contributed by atoms with van der Waals surface area (Å²) in [5.74, 6) is 0.